The minimum atomic E-state index is -0.708. The first-order chi connectivity index (χ1) is 26.6. The van der Waals surface area contributed by atoms with Gasteiger partial charge in [0.25, 0.3) is 5.91 Å². The maximum Gasteiger partial charge on any atom is 0.410 e. The number of aromatic nitrogens is 2. The van der Waals surface area contributed by atoms with Crippen LogP contribution in [0.5, 0.6) is 0 Å². The molecule has 0 saturated carbocycles. The summed E-state index contributed by atoms with van der Waals surface area (Å²) in [5.41, 5.74) is 15.0. The number of carbonyl (C=O) groups excluding carboxylic acids is 3. The molecule has 56 heavy (non-hydrogen) atoms. The van der Waals surface area contributed by atoms with Gasteiger partial charge in [-0.3, -0.25) is 20.3 Å². The van der Waals surface area contributed by atoms with E-state index in [0.29, 0.717) is 19.5 Å². The van der Waals surface area contributed by atoms with E-state index in [-0.39, 0.29) is 46.4 Å². The Morgan fingerprint density at radius 1 is 0.857 bits per heavy atom. The molecule has 0 radical (unpaired) electrons. The average molecular weight is 786 g/mol. The summed E-state index contributed by atoms with van der Waals surface area (Å²) in [6, 6.07) is 20.6. The summed E-state index contributed by atoms with van der Waals surface area (Å²) in [5, 5.41) is 18.6. The van der Waals surface area contributed by atoms with Gasteiger partial charge >= 0.3 is 6.09 Å². The number of hydrogen-bond acceptors (Lipinski definition) is 9. The van der Waals surface area contributed by atoms with Crippen molar-refractivity contribution in [2.45, 2.75) is 91.1 Å². The fraction of sp³-hybridized carbons (Fsp3) is 0.429. The zero-order valence-corrected chi connectivity index (χ0v) is 33.9. The molecule has 14 heteroatoms. The molecule has 4 aromatic rings. The fourth-order valence-corrected chi connectivity index (χ4v) is 6.33. The van der Waals surface area contributed by atoms with E-state index in [1.54, 1.807) is 11.9 Å². The lowest BCUT2D eigenvalue weighted by Gasteiger charge is -2.24. The number of ether oxygens (including phenoxy) is 1. The van der Waals surface area contributed by atoms with E-state index in [1.165, 1.54) is 11.1 Å². The summed E-state index contributed by atoms with van der Waals surface area (Å²) >= 11 is 5.86. The molecule has 1 aromatic heterocycles. The molecule has 8 N–H and O–H groups in total. The van der Waals surface area contributed by atoms with E-state index >= 15 is 0 Å². The first kappa shape index (κ1) is 43.3. The molecule has 300 valence electrons. The van der Waals surface area contributed by atoms with Crippen molar-refractivity contribution in [3.05, 3.63) is 88.2 Å². The van der Waals surface area contributed by atoms with Gasteiger partial charge in [-0.15, -0.1) is 0 Å². The summed E-state index contributed by atoms with van der Waals surface area (Å²) in [4.78, 5) is 47.1. The SMILES string of the molecule is C[C@@H](Cc1ccc(CCCCNC(=N)NC(=O)c2nc(Cl)c(N)nc2N)c2ccccc12)C(=O)Nc1ccc(CCCCCCN(C)C(=O)OC(C)(C)C)cc1. The van der Waals surface area contributed by atoms with Crippen LogP contribution in [0, 0.1) is 11.3 Å². The Kier molecular flexibility index (Phi) is 15.8. The maximum atomic E-state index is 13.2. The molecule has 0 unspecified atom stereocenters. The van der Waals surface area contributed by atoms with Gasteiger partial charge < -0.3 is 31.7 Å². The zero-order valence-electron chi connectivity index (χ0n) is 33.1. The van der Waals surface area contributed by atoms with Gasteiger partial charge in [-0.05, 0) is 105 Å². The Morgan fingerprint density at radius 3 is 2.20 bits per heavy atom. The Labute approximate surface area is 334 Å². The molecule has 0 bridgehead atoms. The van der Waals surface area contributed by atoms with E-state index in [4.69, 9.17) is 33.2 Å². The van der Waals surface area contributed by atoms with E-state index in [0.717, 1.165) is 73.4 Å². The summed E-state index contributed by atoms with van der Waals surface area (Å²) in [5.74, 6) is -1.40. The van der Waals surface area contributed by atoms with Gasteiger partial charge in [0.2, 0.25) is 5.91 Å². The number of carbonyl (C=O) groups is 3. The first-order valence-electron chi connectivity index (χ1n) is 19.2. The minimum Gasteiger partial charge on any atom is -0.444 e. The number of unbranched alkanes of at least 4 members (excludes halogenated alkanes) is 4. The lowest BCUT2D eigenvalue weighted by atomic mass is 9.91. The molecule has 3 amide bonds. The van der Waals surface area contributed by atoms with Crippen LogP contribution in [0.1, 0.15) is 93.4 Å². The summed E-state index contributed by atoms with van der Waals surface area (Å²) in [6.45, 7) is 8.73. The maximum absolute atomic E-state index is 13.2. The number of amides is 3. The Balaban J connectivity index is 1.18. The third-order valence-electron chi connectivity index (χ3n) is 9.25. The number of anilines is 3. The van der Waals surface area contributed by atoms with Crippen LogP contribution in [-0.4, -0.2) is 64.5 Å². The second kappa shape index (κ2) is 20.5. The third kappa shape index (κ3) is 13.4. The summed E-state index contributed by atoms with van der Waals surface area (Å²) in [7, 11) is 1.78. The molecular weight excluding hydrogens is 730 g/mol. The van der Waals surface area contributed by atoms with E-state index < -0.39 is 11.5 Å². The van der Waals surface area contributed by atoms with Gasteiger partial charge in [0, 0.05) is 31.7 Å². The number of nitrogens with zero attached hydrogens (tertiary/aromatic N) is 3. The highest BCUT2D eigenvalue weighted by atomic mass is 35.5. The molecule has 1 atom stereocenters. The second-order valence-electron chi connectivity index (χ2n) is 15.1. The lowest BCUT2D eigenvalue weighted by Crippen LogP contribution is -2.41. The number of halogens is 1. The number of rotatable bonds is 17. The summed E-state index contributed by atoms with van der Waals surface area (Å²) < 4.78 is 5.41. The number of hydrogen-bond donors (Lipinski definition) is 6. The van der Waals surface area contributed by atoms with Crippen LogP contribution in [0.15, 0.2) is 60.7 Å². The van der Waals surface area contributed by atoms with Crippen LogP contribution in [-0.2, 0) is 28.8 Å². The molecule has 0 saturated heterocycles. The number of nitrogens with two attached hydrogens (primary N) is 2. The predicted molar refractivity (Wildman–Crippen MR) is 225 cm³/mol. The Hall–Kier alpha value is -5.43. The first-order valence-corrected chi connectivity index (χ1v) is 19.5. The summed E-state index contributed by atoms with van der Waals surface area (Å²) in [6.07, 6.45) is 7.87. The quantitative estimate of drug-likeness (QED) is 0.0356. The molecule has 0 spiro atoms. The number of guanidine groups is 1. The van der Waals surface area contributed by atoms with Crippen molar-refractivity contribution < 1.29 is 19.1 Å². The van der Waals surface area contributed by atoms with Gasteiger partial charge in [-0.2, -0.15) is 0 Å². The van der Waals surface area contributed by atoms with Gasteiger partial charge in [0.15, 0.2) is 28.4 Å². The van der Waals surface area contributed by atoms with Crippen molar-refractivity contribution in [3.63, 3.8) is 0 Å². The molecule has 13 nitrogen and oxygen atoms in total. The monoisotopic (exact) mass is 785 g/mol. The molecular formula is C42H56ClN9O4. The molecule has 0 fully saturated rings. The molecule has 4 rings (SSSR count). The average Bonchev–Trinajstić information content (AvgIpc) is 3.14. The van der Waals surface area contributed by atoms with E-state index in [2.05, 4.69) is 62.3 Å². The number of fused-ring (bicyclic) bond motifs is 1. The highest BCUT2D eigenvalue weighted by Crippen LogP contribution is 2.27. The largest absolute Gasteiger partial charge is 0.444 e. The Morgan fingerprint density at radius 2 is 1.50 bits per heavy atom. The molecule has 1 heterocycles. The molecule has 3 aromatic carbocycles. The van der Waals surface area contributed by atoms with Crippen molar-refractivity contribution in [2.75, 3.05) is 36.9 Å². The minimum absolute atomic E-state index is 0.0230. The van der Waals surface area contributed by atoms with E-state index in [9.17, 15) is 14.4 Å². The topological polar surface area (TPSA) is 201 Å². The van der Waals surface area contributed by atoms with Gasteiger partial charge in [0.05, 0.1) is 0 Å². The predicted octanol–water partition coefficient (Wildman–Crippen LogP) is 7.51. The van der Waals surface area contributed by atoms with E-state index in [1.807, 2.05) is 52.0 Å². The smallest absolute Gasteiger partial charge is 0.410 e. The van der Waals surface area contributed by atoms with Crippen molar-refractivity contribution in [2.24, 2.45) is 5.92 Å². The lowest BCUT2D eigenvalue weighted by molar-refractivity contribution is -0.119. The van der Waals surface area contributed by atoms with Gasteiger partial charge in [-0.25, -0.2) is 14.8 Å². The van der Waals surface area contributed by atoms with Crippen molar-refractivity contribution in [1.29, 1.82) is 5.41 Å². The van der Waals surface area contributed by atoms with Crippen LogP contribution in [0.3, 0.4) is 0 Å². The molecule has 0 aliphatic carbocycles. The second-order valence-corrected chi connectivity index (χ2v) is 15.5. The molecule has 0 aliphatic heterocycles. The van der Waals surface area contributed by atoms with Crippen LogP contribution in [0.4, 0.5) is 22.1 Å². The van der Waals surface area contributed by atoms with Crippen molar-refractivity contribution in [3.8, 4) is 0 Å². The van der Waals surface area contributed by atoms with Crippen LogP contribution in [0.25, 0.3) is 10.8 Å². The molecule has 0 aliphatic rings. The Bertz CT molecular complexity index is 1980. The number of benzene rings is 3. The highest BCUT2D eigenvalue weighted by Gasteiger charge is 2.20. The fourth-order valence-electron chi connectivity index (χ4n) is 6.20. The zero-order chi connectivity index (χ0) is 40.8. The highest BCUT2D eigenvalue weighted by molar-refractivity contribution is 6.31. The number of nitrogen functional groups attached to an aromatic ring is 2. The van der Waals surface area contributed by atoms with Crippen LogP contribution in [0.2, 0.25) is 5.15 Å². The van der Waals surface area contributed by atoms with Gasteiger partial charge in [0.1, 0.15) is 5.60 Å². The standard InChI is InChI=1S/C42H56ClN9O4/c1-27(38(53)48-31-22-18-28(19-23-31)14-8-6-7-13-25-52(5)41(55)56-42(2,3)4)26-30-21-20-29(32-16-9-10-17-33(30)32)15-11-12-24-47-40(46)51-39(54)34-36(44)50-37(45)35(43)49-34/h9-10,16-23,27H,6-8,11-15,24-26H2,1-5H3,(H,48,53)(H4,44,45,50)(H3,46,47,51,54)/t27-/m0/s1. The normalized spacial score (nSPS) is 11.8. The van der Waals surface area contributed by atoms with Gasteiger partial charge in [-0.1, -0.05) is 79.9 Å². The third-order valence-corrected chi connectivity index (χ3v) is 9.53. The van der Waals surface area contributed by atoms with Crippen molar-refractivity contribution in [1.82, 2.24) is 25.5 Å². The number of nitrogens with one attached hydrogen (secondary N) is 4. The van der Waals surface area contributed by atoms with Crippen LogP contribution >= 0.6 is 11.6 Å². The number of aryl methyl sites for hydroxylation is 2. The van der Waals surface area contributed by atoms with Crippen LogP contribution < -0.4 is 27.4 Å². The van der Waals surface area contributed by atoms with Crippen molar-refractivity contribution >= 4 is 63.6 Å².